The SMILES string of the molecule is O=C(OCc1ccccc1)N1CC[C@H](c2ccc(O)cc2)[C@@H](c2ccccc2)C1. The lowest BCUT2D eigenvalue weighted by molar-refractivity contribution is 0.0826. The second-order valence-electron chi connectivity index (χ2n) is 7.49. The van der Waals surface area contributed by atoms with Gasteiger partial charge in [-0.1, -0.05) is 72.8 Å². The zero-order chi connectivity index (χ0) is 20.1. The van der Waals surface area contributed by atoms with E-state index in [1.807, 2.05) is 65.6 Å². The molecule has 2 atom stereocenters. The molecule has 0 aromatic heterocycles. The summed E-state index contributed by atoms with van der Waals surface area (Å²) in [6.07, 6.45) is 0.587. The van der Waals surface area contributed by atoms with Gasteiger partial charge in [-0.25, -0.2) is 4.79 Å². The largest absolute Gasteiger partial charge is 0.508 e. The van der Waals surface area contributed by atoms with Crippen molar-refractivity contribution in [1.82, 2.24) is 4.90 Å². The molecule has 1 heterocycles. The summed E-state index contributed by atoms with van der Waals surface area (Å²) < 4.78 is 5.56. The van der Waals surface area contributed by atoms with Crippen LogP contribution in [0.15, 0.2) is 84.9 Å². The number of aromatic hydroxyl groups is 1. The molecule has 4 nitrogen and oxygen atoms in total. The highest BCUT2D eigenvalue weighted by Gasteiger charge is 2.34. The molecule has 1 fully saturated rings. The van der Waals surface area contributed by atoms with Gasteiger partial charge in [0.1, 0.15) is 12.4 Å². The summed E-state index contributed by atoms with van der Waals surface area (Å²) in [6.45, 7) is 1.55. The third kappa shape index (κ3) is 4.60. The lowest BCUT2D eigenvalue weighted by atomic mass is 9.77. The van der Waals surface area contributed by atoms with Gasteiger partial charge in [0.05, 0.1) is 0 Å². The number of benzene rings is 3. The number of carbonyl (C=O) groups excluding carboxylic acids is 1. The van der Waals surface area contributed by atoms with E-state index in [-0.39, 0.29) is 30.3 Å². The Morgan fingerprint density at radius 2 is 1.48 bits per heavy atom. The number of hydrogen-bond acceptors (Lipinski definition) is 3. The van der Waals surface area contributed by atoms with Crippen LogP contribution in [0.4, 0.5) is 4.79 Å². The van der Waals surface area contributed by atoms with Gasteiger partial charge >= 0.3 is 6.09 Å². The van der Waals surface area contributed by atoms with Crippen molar-refractivity contribution < 1.29 is 14.6 Å². The lowest BCUT2D eigenvalue weighted by Gasteiger charge is -2.38. The van der Waals surface area contributed by atoms with Crippen LogP contribution < -0.4 is 0 Å². The first-order valence-electron chi connectivity index (χ1n) is 10.0. The number of phenols is 1. The Hall–Kier alpha value is -3.27. The summed E-state index contributed by atoms with van der Waals surface area (Å²) in [5, 5.41) is 9.64. The summed E-state index contributed by atoms with van der Waals surface area (Å²) in [7, 11) is 0. The van der Waals surface area contributed by atoms with Gasteiger partial charge in [-0.05, 0) is 41.2 Å². The molecule has 0 unspecified atom stereocenters. The number of ether oxygens (including phenoxy) is 1. The first-order chi connectivity index (χ1) is 14.2. The highest BCUT2D eigenvalue weighted by atomic mass is 16.6. The first kappa shape index (κ1) is 19.1. The second kappa shape index (κ2) is 8.82. The zero-order valence-corrected chi connectivity index (χ0v) is 16.3. The Morgan fingerprint density at radius 1 is 0.862 bits per heavy atom. The Labute approximate surface area is 171 Å². The van der Waals surface area contributed by atoms with Gasteiger partial charge in [0.2, 0.25) is 0 Å². The molecule has 1 aliphatic heterocycles. The Morgan fingerprint density at radius 3 is 2.17 bits per heavy atom. The topological polar surface area (TPSA) is 49.8 Å². The number of hydrogen-bond donors (Lipinski definition) is 1. The van der Waals surface area contributed by atoms with E-state index in [1.54, 1.807) is 12.1 Å². The Balaban J connectivity index is 1.50. The molecule has 0 radical (unpaired) electrons. The van der Waals surface area contributed by atoms with Gasteiger partial charge in [0, 0.05) is 19.0 Å². The molecule has 0 aliphatic carbocycles. The molecule has 0 saturated carbocycles. The van der Waals surface area contributed by atoms with Gasteiger partial charge in [0.15, 0.2) is 0 Å². The van der Waals surface area contributed by atoms with Gasteiger partial charge in [-0.3, -0.25) is 0 Å². The Bertz CT molecular complexity index is 925. The lowest BCUT2D eigenvalue weighted by Crippen LogP contribution is -2.42. The van der Waals surface area contributed by atoms with Crippen LogP contribution in [0.2, 0.25) is 0 Å². The van der Waals surface area contributed by atoms with Crippen molar-refractivity contribution >= 4 is 6.09 Å². The van der Waals surface area contributed by atoms with Crippen molar-refractivity contribution in [1.29, 1.82) is 0 Å². The van der Waals surface area contributed by atoms with E-state index in [0.717, 1.165) is 12.0 Å². The third-order valence-corrected chi connectivity index (χ3v) is 5.63. The molecule has 1 aliphatic rings. The van der Waals surface area contributed by atoms with Gasteiger partial charge in [0.25, 0.3) is 0 Å². The molecule has 0 spiro atoms. The summed E-state index contributed by atoms with van der Waals surface area (Å²) in [5.74, 6) is 0.738. The molecule has 4 rings (SSSR count). The van der Waals surface area contributed by atoms with Crippen LogP contribution in [0.25, 0.3) is 0 Å². The summed E-state index contributed by atoms with van der Waals surface area (Å²) in [6, 6.07) is 27.5. The molecule has 1 amide bonds. The van der Waals surface area contributed by atoms with E-state index in [0.29, 0.717) is 13.1 Å². The summed E-state index contributed by atoms with van der Waals surface area (Å²) in [4.78, 5) is 14.5. The number of carbonyl (C=O) groups is 1. The molecule has 1 saturated heterocycles. The average Bonchev–Trinajstić information content (AvgIpc) is 2.79. The van der Waals surface area contributed by atoms with Crippen LogP contribution in [-0.4, -0.2) is 29.2 Å². The van der Waals surface area contributed by atoms with E-state index < -0.39 is 0 Å². The highest BCUT2D eigenvalue weighted by Crippen LogP contribution is 2.40. The number of piperidine rings is 1. The highest BCUT2D eigenvalue weighted by molar-refractivity contribution is 5.68. The predicted octanol–water partition coefficient (Wildman–Crippen LogP) is 5.30. The summed E-state index contributed by atoms with van der Waals surface area (Å²) in [5.41, 5.74) is 3.39. The number of phenolic OH excluding ortho intramolecular Hbond substituents is 1. The number of nitrogens with zero attached hydrogens (tertiary/aromatic N) is 1. The van der Waals surface area contributed by atoms with E-state index in [2.05, 4.69) is 12.1 Å². The molecular formula is C25H25NO3. The van der Waals surface area contributed by atoms with E-state index >= 15 is 0 Å². The first-order valence-corrected chi connectivity index (χ1v) is 10.0. The minimum absolute atomic E-state index is 0.179. The van der Waals surface area contributed by atoms with Crippen molar-refractivity contribution in [2.24, 2.45) is 0 Å². The summed E-state index contributed by atoms with van der Waals surface area (Å²) >= 11 is 0. The maximum Gasteiger partial charge on any atom is 0.410 e. The van der Waals surface area contributed by atoms with Crippen LogP contribution in [0.1, 0.15) is 34.9 Å². The third-order valence-electron chi connectivity index (χ3n) is 5.63. The average molecular weight is 387 g/mol. The Kier molecular flexibility index (Phi) is 5.80. The molecule has 1 N–H and O–H groups in total. The molecule has 3 aromatic rings. The fourth-order valence-corrected chi connectivity index (χ4v) is 4.09. The van der Waals surface area contributed by atoms with Gasteiger partial charge < -0.3 is 14.7 Å². The minimum Gasteiger partial charge on any atom is -0.508 e. The smallest absolute Gasteiger partial charge is 0.410 e. The van der Waals surface area contributed by atoms with Crippen LogP contribution in [0, 0.1) is 0 Å². The van der Waals surface area contributed by atoms with Gasteiger partial charge in [-0.15, -0.1) is 0 Å². The monoisotopic (exact) mass is 387 g/mol. The predicted molar refractivity (Wildman–Crippen MR) is 113 cm³/mol. The van der Waals surface area contributed by atoms with Crippen molar-refractivity contribution in [2.75, 3.05) is 13.1 Å². The molecular weight excluding hydrogens is 362 g/mol. The van der Waals surface area contributed by atoms with Crippen LogP contribution in [0.5, 0.6) is 5.75 Å². The molecule has 4 heteroatoms. The van der Waals surface area contributed by atoms with E-state index in [1.165, 1.54) is 11.1 Å². The molecule has 0 bridgehead atoms. The second-order valence-corrected chi connectivity index (χ2v) is 7.49. The van der Waals surface area contributed by atoms with Crippen molar-refractivity contribution in [3.63, 3.8) is 0 Å². The standard InChI is InChI=1S/C25H25NO3/c27-22-13-11-21(12-14-22)23-15-16-26(17-24(23)20-9-5-2-6-10-20)25(28)29-18-19-7-3-1-4-8-19/h1-14,23-24,27H,15-18H2/t23-,24-/m1/s1. The maximum atomic E-state index is 12.7. The van der Waals surface area contributed by atoms with Gasteiger partial charge in [-0.2, -0.15) is 0 Å². The number of likely N-dealkylation sites (tertiary alicyclic amines) is 1. The fourth-order valence-electron chi connectivity index (χ4n) is 4.09. The zero-order valence-electron chi connectivity index (χ0n) is 16.3. The normalized spacial score (nSPS) is 19.0. The quantitative estimate of drug-likeness (QED) is 0.661. The minimum atomic E-state index is -0.265. The van der Waals surface area contributed by atoms with Crippen molar-refractivity contribution in [3.8, 4) is 5.75 Å². The van der Waals surface area contributed by atoms with Crippen LogP contribution >= 0.6 is 0 Å². The molecule has 29 heavy (non-hydrogen) atoms. The van der Waals surface area contributed by atoms with E-state index in [4.69, 9.17) is 4.74 Å². The van der Waals surface area contributed by atoms with Crippen LogP contribution in [0.3, 0.4) is 0 Å². The van der Waals surface area contributed by atoms with Crippen molar-refractivity contribution in [2.45, 2.75) is 24.9 Å². The maximum absolute atomic E-state index is 12.7. The van der Waals surface area contributed by atoms with Crippen molar-refractivity contribution in [3.05, 3.63) is 102 Å². The number of amides is 1. The molecule has 148 valence electrons. The number of rotatable bonds is 4. The van der Waals surface area contributed by atoms with E-state index in [9.17, 15) is 9.90 Å². The fraction of sp³-hybridized carbons (Fsp3) is 0.240. The van der Waals surface area contributed by atoms with Crippen LogP contribution in [-0.2, 0) is 11.3 Å². The molecule has 3 aromatic carbocycles.